The van der Waals surface area contributed by atoms with Gasteiger partial charge >= 0.3 is 5.97 Å². The molecule has 6 atom stereocenters. The van der Waals surface area contributed by atoms with Gasteiger partial charge in [-0.25, -0.2) is 0 Å². The van der Waals surface area contributed by atoms with Crippen LogP contribution in [0.25, 0.3) is 0 Å². The standard InChI is InChI=1S/C20H26O5/c1-19-7-6-13-17(14(19)9-12(21)10-19)15(22)8-11-4-3-5-16(23)20(11,13)18(24)25-2/h11,13-14,17H,3-10H2,1-2H3. The van der Waals surface area contributed by atoms with Gasteiger partial charge in [-0.2, -0.15) is 0 Å². The number of hydrogen-bond donors (Lipinski definition) is 0. The van der Waals surface area contributed by atoms with Crippen molar-refractivity contribution >= 4 is 23.3 Å². The Morgan fingerprint density at radius 1 is 1.12 bits per heavy atom. The van der Waals surface area contributed by atoms with E-state index in [4.69, 9.17) is 4.74 Å². The predicted octanol–water partition coefficient (Wildman–Crippen LogP) is 2.50. The van der Waals surface area contributed by atoms with E-state index in [0.29, 0.717) is 25.7 Å². The van der Waals surface area contributed by atoms with Gasteiger partial charge in [0.25, 0.3) is 0 Å². The van der Waals surface area contributed by atoms with Crippen LogP contribution in [0.1, 0.15) is 58.3 Å². The predicted molar refractivity (Wildman–Crippen MR) is 88.5 cm³/mol. The van der Waals surface area contributed by atoms with Crippen molar-refractivity contribution in [2.24, 2.45) is 34.5 Å². The average Bonchev–Trinajstić information content (AvgIpc) is 2.88. The van der Waals surface area contributed by atoms with Crippen molar-refractivity contribution in [3.8, 4) is 0 Å². The summed E-state index contributed by atoms with van der Waals surface area (Å²) in [6.07, 6.45) is 4.55. The molecule has 0 aliphatic heterocycles. The van der Waals surface area contributed by atoms with Crippen LogP contribution in [0.5, 0.6) is 0 Å². The molecule has 4 fully saturated rings. The van der Waals surface area contributed by atoms with Crippen molar-refractivity contribution in [3.63, 3.8) is 0 Å². The van der Waals surface area contributed by atoms with Crippen LogP contribution in [0.2, 0.25) is 0 Å². The smallest absolute Gasteiger partial charge is 0.319 e. The summed E-state index contributed by atoms with van der Waals surface area (Å²) in [5.74, 6) is -0.992. The van der Waals surface area contributed by atoms with Crippen molar-refractivity contribution in [1.29, 1.82) is 0 Å². The Morgan fingerprint density at radius 3 is 2.60 bits per heavy atom. The van der Waals surface area contributed by atoms with Gasteiger partial charge in [0.15, 0.2) is 5.78 Å². The maximum absolute atomic E-state index is 13.1. The number of Topliss-reactive ketones (excluding diaryl/α,β-unsaturated/α-hetero) is 3. The van der Waals surface area contributed by atoms with E-state index in [0.717, 1.165) is 19.3 Å². The maximum Gasteiger partial charge on any atom is 0.319 e. The second-order valence-corrected chi connectivity index (χ2v) is 8.89. The number of carbonyl (C=O) groups is 4. The van der Waals surface area contributed by atoms with Crippen LogP contribution in [-0.4, -0.2) is 30.4 Å². The van der Waals surface area contributed by atoms with Gasteiger partial charge in [0.2, 0.25) is 0 Å². The minimum Gasteiger partial charge on any atom is -0.468 e. The lowest BCUT2D eigenvalue weighted by Crippen LogP contribution is -2.63. The van der Waals surface area contributed by atoms with Gasteiger partial charge in [-0.1, -0.05) is 6.92 Å². The van der Waals surface area contributed by atoms with Crippen LogP contribution < -0.4 is 0 Å². The molecule has 0 heterocycles. The summed E-state index contributed by atoms with van der Waals surface area (Å²) in [6, 6.07) is 0. The average molecular weight is 346 g/mol. The molecule has 0 radical (unpaired) electrons. The first-order valence-corrected chi connectivity index (χ1v) is 9.50. The van der Waals surface area contributed by atoms with Gasteiger partial charge in [0.1, 0.15) is 17.0 Å². The molecule has 0 spiro atoms. The van der Waals surface area contributed by atoms with Gasteiger partial charge in [0.05, 0.1) is 7.11 Å². The summed E-state index contributed by atoms with van der Waals surface area (Å²) < 4.78 is 5.12. The lowest BCUT2D eigenvalue weighted by atomic mass is 9.44. The highest BCUT2D eigenvalue weighted by atomic mass is 16.5. The van der Waals surface area contributed by atoms with Crippen molar-refractivity contribution in [1.82, 2.24) is 0 Å². The molecule has 136 valence electrons. The minimum atomic E-state index is -1.15. The van der Waals surface area contributed by atoms with E-state index < -0.39 is 11.4 Å². The van der Waals surface area contributed by atoms with Crippen LogP contribution in [0.15, 0.2) is 0 Å². The number of carbonyl (C=O) groups excluding carboxylic acids is 4. The van der Waals surface area contributed by atoms with Crippen molar-refractivity contribution in [2.45, 2.75) is 58.3 Å². The fourth-order valence-corrected chi connectivity index (χ4v) is 6.81. The molecule has 0 aromatic carbocycles. The quantitative estimate of drug-likeness (QED) is 0.538. The van der Waals surface area contributed by atoms with Crippen LogP contribution in [0.4, 0.5) is 0 Å². The molecular formula is C20H26O5. The molecule has 4 aliphatic rings. The fraction of sp³-hybridized carbons (Fsp3) is 0.800. The number of ketones is 3. The van der Waals surface area contributed by atoms with E-state index >= 15 is 0 Å². The number of esters is 1. The molecule has 0 amide bonds. The second-order valence-electron chi connectivity index (χ2n) is 8.89. The second kappa shape index (κ2) is 5.49. The van der Waals surface area contributed by atoms with E-state index in [1.54, 1.807) is 0 Å². The van der Waals surface area contributed by atoms with E-state index in [-0.39, 0.29) is 52.9 Å². The third-order valence-corrected chi connectivity index (χ3v) is 7.83. The number of methoxy groups -OCH3 is 1. The number of fused-ring (bicyclic) bond motifs is 5. The number of rotatable bonds is 1. The molecule has 0 bridgehead atoms. The van der Waals surface area contributed by atoms with Gasteiger partial charge < -0.3 is 4.74 Å². The molecular weight excluding hydrogens is 320 g/mol. The van der Waals surface area contributed by atoms with Gasteiger partial charge in [0, 0.05) is 31.6 Å². The lowest BCUT2D eigenvalue weighted by molar-refractivity contribution is -0.185. The van der Waals surface area contributed by atoms with Crippen molar-refractivity contribution < 1.29 is 23.9 Å². The summed E-state index contributed by atoms with van der Waals surface area (Å²) in [7, 11) is 1.34. The highest BCUT2D eigenvalue weighted by Crippen LogP contribution is 2.64. The number of hydrogen-bond acceptors (Lipinski definition) is 5. The van der Waals surface area contributed by atoms with Gasteiger partial charge in [-0.05, 0) is 48.9 Å². The zero-order valence-corrected chi connectivity index (χ0v) is 15.0. The summed E-state index contributed by atoms with van der Waals surface area (Å²) >= 11 is 0. The summed E-state index contributed by atoms with van der Waals surface area (Å²) in [5.41, 5.74) is -1.31. The molecule has 6 unspecified atom stereocenters. The van der Waals surface area contributed by atoms with Gasteiger partial charge in [-0.3, -0.25) is 19.2 Å². The topological polar surface area (TPSA) is 77.5 Å². The Balaban J connectivity index is 1.83. The van der Waals surface area contributed by atoms with E-state index in [1.807, 2.05) is 0 Å². The third kappa shape index (κ3) is 2.07. The molecule has 0 aromatic rings. The highest BCUT2D eigenvalue weighted by Gasteiger charge is 2.68. The first-order chi connectivity index (χ1) is 11.8. The normalized spacial score (nSPS) is 46.2. The molecule has 0 aromatic heterocycles. The Labute approximate surface area is 147 Å². The lowest BCUT2D eigenvalue weighted by Gasteiger charge is -2.57. The molecule has 4 saturated carbocycles. The van der Waals surface area contributed by atoms with E-state index in [2.05, 4.69) is 6.92 Å². The minimum absolute atomic E-state index is 0.0246. The van der Waals surface area contributed by atoms with Crippen LogP contribution in [-0.2, 0) is 23.9 Å². The first-order valence-electron chi connectivity index (χ1n) is 9.50. The zero-order valence-electron chi connectivity index (χ0n) is 15.0. The zero-order chi connectivity index (χ0) is 18.0. The summed E-state index contributed by atoms with van der Waals surface area (Å²) in [5, 5.41) is 0. The summed E-state index contributed by atoms with van der Waals surface area (Å²) in [6.45, 7) is 2.10. The molecule has 4 aliphatic carbocycles. The Morgan fingerprint density at radius 2 is 1.88 bits per heavy atom. The van der Waals surface area contributed by atoms with Crippen LogP contribution in [0.3, 0.4) is 0 Å². The monoisotopic (exact) mass is 346 g/mol. The first kappa shape index (κ1) is 16.9. The molecule has 5 heteroatoms. The van der Waals surface area contributed by atoms with E-state index in [1.165, 1.54) is 7.11 Å². The fourth-order valence-electron chi connectivity index (χ4n) is 6.81. The molecule has 4 rings (SSSR count). The van der Waals surface area contributed by atoms with Crippen LogP contribution in [0, 0.1) is 34.5 Å². The maximum atomic E-state index is 13.1. The van der Waals surface area contributed by atoms with Crippen LogP contribution >= 0.6 is 0 Å². The highest BCUT2D eigenvalue weighted by molar-refractivity contribution is 6.07. The Hall–Kier alpha value is -1.52. The molecule has 25 heavy (non-hydrogen) atoms. The molecule has 0 saturated heterocycles. The SMILES string of the molecule is COC(=O)C12C(=O)CCCC1CC(=O)C1C3CC(=O)CC3(C)CCC12. The largest absolute Gasteiger partial charge is 0.468 e. The Bertz CT molecular complexity index is 657. The number of ether oxygens (including phenoxy) is 1. The third-order valence-electron chi connectivity index (χ3n) is 7.83. The Kier molecular flexibility index (Phi) is 3.71. The van der Waals surface area contributed by atoms with Crippen molar-refractivity contribution in [3.05, 3.63) is 0 Å². The summed E-state index contributed by atoms with van der Waals surface area (Å²) in [4.78, 5) is 51.2. The van der Waals surface area contributed by atoms with Gasteiger partial charge in [-0.15, -0.1) is 0 Å². The van der Waals surface area contributed by atoms with E-state index in [9.17, 15) is 19.2 Å². The van der Waals surface area contributed by atoms with Crippen molar-refractivity contribution in [2.75, 3.05) is 7.11 Å². The molecule has 0 N–H and O–H groups in total. The molecule has 5 nitrogen and oxygen atoms in total.